The summed E-state index contributed by atoms with van der Waals surface area (Å²) in [7, 11) is 0. The fourth-order valence-electron chi connectivity index (χ4n) is 1.59. The van der Waals surface area contributed by atoms with E-state index >= 15 is 0 Å². The summed E-state index contributed by atoms with van der Waals surface area (Å²) in [6.07, 6.45) is 1.93. The lowest BCUT2D eigenvalue weighted by atomic mass is 10.4. The Balaban J connectivity index is 2.47. The zero-order valence-electron chi connectivity index (χ0n) is 8.86. The van der Waals surface area contributed by atoms with E-state index in [1.54, 1.807) is 6.20 Å². The summed E-state index contributed by atoms with van der Waals surface area (Å²) in [5.74, 6) is 0.602. The standard InChI is InChI=1S/C10H10BrClN4O/c11-6-3-7-10(14-5-6)16(2-1-8(13)17)9(4-12)15-7/h3,5H,1-2,4H2,(H2,13,17). The number of fused-ring (bicyclic) bond motifs is 1. The number of nitrogens with zero attached hydrogens (tertiary/aromatic N) is 3. The molecule has 0 radical (unpaired) electrons. The summed E-state index contributed by atoms with van der Waals surface area (Å²) in [6.45, 7) is 0.447. The molecule has 0 saturated carbocycles. The van der Waals surface area contributed by atoms with Gasteiger partial charge in [-0.25, -0.2) is 9.97 Å². The normalized spacial score (nSPS) is 10.9. The van der Waals surface area contributed by atoms with Crippen molar-refractivity contribution < 1.29 is 4.79 Å². The molecule has 0 aliphatic heterocycles. The molecule has 0 aliphatic rings. The minimum absolute atomic E-state index is 0.243. The van der Waals surface area contributed by atoms with Gasteiger partial charge in [-0.05, 0) is 22.0 Å². The van der Waals surface area contributed by atoms with Crippen molar-refractivity contribution in [2.45, 2.75) is 18.8 Å². The van der Waals surface area contributed by atoms with Gasteiger partial charge in [-0.15, -0.1) is 11.6 Å². The average molecular weight is 318 g/mol. The zero-order chi connectivity index (χ0) is 12.4. The minimum Gasteiger partial charge on any atom is -0.370 e. The number of hydrogen-bond acceptors (Lipinski definition) is 3. The highest BCUT2D eigenvalue weighted by Crippen LogP contribution is 2.19. The molecule has 90 valence electrons. The monoisotopic (exact) mass is 316 g/mol. The number of imidazole rings is 1. The van der Waals surface area contributed by atoms with Crippen LogP contribution >= 0.6 is 27.5 Å². The lowest BCUT2D eigenvalue weighted by Gasteiger charge is -2.04. The molecule has 2 rings (SSSR count). The molecule has 5 nitrogen and oxygen atoms in total. The van der Waals surface area contributed by atoms with Gasteiger partial charge in [0.2, 0.25) is 5.91 Å². The molecule has 0 spiro atoms. The first kappa shape index (κ1) is 12.3. The Kier molecular flexibility index (Phi) is 3.63. The van der Waals surface area contributed by atoms with E-state index < -0.39 is 0 Å². The van der Waals surface area contributed by atoms with Crippen molar-refractivity contribution in [1.82, 2.24) is 14.5 Å². The predicted molar refractivity (Wildman–Crippen MR) is 68.6 cm³/mol. The average Bonchev–Trinajstić information content (AvgIpc) is 2.63. The number of carbonyl (C=O) groups is 1. The third-order valence-electron chi connectivity index (χ3n) is 2.33. The molecule has 1 amide bonds. The Hall–Kier alpha value is -1.14. The van der Waals surface area contributed by atoms with E-state index in [1.165, 1.54) is 0 Å². The molecule has 17 heavy (non-hydrogen) atoms. The summed E-state index contributed by atoms with van der Waals surface area (Å²) < 4.78 is 2.67. The number of alkyl halides is 1. The second-order valence-corrected chi connectivity index (χ2v) is 4.71. The SMILES string of the molecule is NC(=O)CCn1c(CCl)nc2cc(Br)cnc21. The van der Waals surface area contributed by atoms with Crippen LogP contribution in [0.2, 0.25) is 0 Å². The number of amides is 1. The third-order valence-corrected chi connectivity index (χ3v) is 3.00. The van der Waals surface area contributed by atoms with E-state index in [-0.39, 0.29) is 18.2 Å². The van der Waals surface area contributed by atoms with Crippen molar-refractivity contribution in [1.29, 1.82) is 0 Å². The van der Waals surface area contributed by atoms with Crippen LogP contribution in [-0.4, -0.2) is 20.4 Å². The summed E-state index contributed by atoms with van der Waals surface area (Å²) in [4.78, 5) is 19.4. The van der Waals surface area contributed by atoms with Gasteiger partial charge in [-0.2, -0.15) is 0 Å². The lowest BCUT2D eigenvalue weighted by molar-refractivity contribution is -0.118. The van der Waals surface area contributed by atoms with E-state index in [9.17, 15) is 4.79 Å². The maximum atomic E-state index is 10.8. The lowest BCUT2D eigenvalue weighted by Crippen LogP contribution is -2.15. The van der Waals surface area contributed by atoms with Crippen LogP contribution in [0.4, 0.5) is 0 Å². The molecular formula is C10H10BrClN4O. The zero-order valence-corrected chi connectivity index (χ0v) is 11.2. The summed E-state index contributed by atoms with van der Waals surface area (Å²) in [5.41, 5.74) is 6.60. The van der Waals surface area contributed by atoms with Crippen LogP contribution in [-0.2, 0) is 17.2 Å². The van der Waals surface area contributed by atoms with Gasteiger partial charge in [0.25, 0.3) is 0 Å². The number of primary amides is 1. The van der Waals surface area contributed by atoms with Crippen LogP contribution in [0.3, 0.4) is 0 Å². The van der Waals surface area contributed by atoms with Crippen molar-refractivity contribution in [3.05, 3.63) is 22.6 Å². The molecule has 2 aromatic rings. The number of pyridine rings is 1. The van der Waals surface area contributed by atoms with Gasteiger partial charge in [0.05, 0.1) is 5.88 Å². The number of aromatic nitrogens is 3. The fraction of sp³-hybridized carbons (Fsp3) is 0.300. The third kappa shape index (κ3) is 2.58. The summed E-state index contributed by atoms with van der Waals surface area (Å²) in [5, 5.41) is 0. The van der Waals surface area contributed by atoms with Crippen LogP contribution in [0.25, 0.3) is 11.2 Å². The topological polar surface area (TPSA) is 73.8 Å². The molecule has 0 unspecified atom stereocenters. The molecule has 0 atom stereocenters. The number of rotatable bonds is 4. The first-order valence-electron chi connectivity index (χ1n) is 4.96. The van der Waals surface area contributed by atoms with Gasteiger partial charge in [0.15, 0.2) is 5.65 Å². The van der Waals surface area contributed by atoms with Crippen molar-refractivity contribution in [3.8, 4) is 0 Å². The van der Waals surface area contributed by atoms with Crippen molar-refractivity contribution in [2.24, 2.45) is 5.73 Å². The molecule has 0 aromatic carbocycles. The maximum Gasteiger partial charge on any atom is 0.219 e. The quantitative estimate of drug-likeness (QED) is 0.874. The highest BCUT2D eigenvalue weighted by atomic mass is 79.9. The molecule has 2 aromatic heterocycles. The van der Waals surface area contributed by atoms with Gasteiger partial charge >= 0.3 is 0 Å². The highest BCUT2D eigenvalue weighted by Gasteiger charge is 2.11. The molecule has 0 fully saturated rings. The van der Waals surface area contributed by atoms with Crippen LogP contribution < -0.4 is 5.73 Å². The highest BCUT2D eigenvalue weighted by molar-refractivity contribution is 9.10. The Morgan fingerprint density at radius 1 is 1.59 bits per heavy atom. The fourth-order valence-corrected chi connectivity index (χ4v) is 2.12. The van der Waals surface area contributed by atoms with E-state index in [2.05, 4.69) is 25.9 Å². The Bertz CT molecular complexity index is 569. The Labute approximate surface area is 111 Å². The number of hydrogen-bond donors (Lipinski definition) is 1. The molecule has 7 heteroatoms. The van der Waals surface area contributed by atoms with Crippen molar-refractivity contribution >= 4 is 44.6 Å². The van der Waals surface area contributed by atoms with Gasteiger partial charge in [-0.1, -0.05) is 0 Å². The minimum atomic E-state index is -0.357. The first-order chi connectivity index (χ1) is 8.11. The molecule has 0 saturated heterocycles. The van der Waals surface area contributed by atoms with Crippen molar-refractivity contribution in [3.63, 3.8) is 0 Å². The predicted octanol–water partition coefficient (Wildman–Crippen LogP) is 1.81. The summed E-state index contributed by atoms with van der Waals surface area (Å²) >= 11 is 9.15. The van der Waals surface area contributed by atoms with Crippen LogP contribution in [0.5, 0.6) is 0 Å². The van der Waals surface area contributed by atoms with E-state index in [0.717, 1.165) is 9.99 Å². The molecule has 0 aliphatic carbocycles. The second kappa shape index (κ2) is 5.01. The molecular weight excluding hydrogens is 307 g/mol. The Morgan fingerprint density at radius 2 is 2.35 bits per heavy atom. The number of nitrogens with two attached hydrogens (primary N) is 1. The van der Waals surface area contributed by atoms with E-state index in [1.807, 2.05) is 10.6 Å². The molecule has 2 heterocycles. The van der Waals surface area contributed by atoms with Gasteiger partial charge in [-0.3, -0.25) is 4.79 Å². The van der Waals surface area contributed by atoms with Gasteiger partial charge in [0, 0.05) is 23.6 Å². The second-order valence-electron chi connectivity index (χ2n) is 3.53. The van der Waals surface area contributed by atoms with E-state index in [0.29, 0.717) is 18.0 Å². The van der Waals surface area contributed by atoms with Crippen LogP contribution in [0.1, 0.15) is 12.2 Å². The number of carbonyl (C=O) groups excluding carboxylic acids is 1. The largest absolute Gasteiger partial charge is 0.370 e. The van der Waals surface area contributed by atoms with Crippen LogP contribution in [0, 0.1) is 0 Å². The van der Waals surface area contributed by atoms with Crippen LogP contribution in [0.15, 0.2) is 16.7 Å². The number of halogens is 2. The Morgan fingerprint density at radius 3 is 3.00 bits per heavy atom. The number of aryl methyl sites for hydroxylation is 1. The smallest absolute Gasteiger partial charge is 0.219 e. The molecule has 2 N–H and O–H groups in total. The van der Waals surface area contributed by atoms with E-state index in [4.69, 9.17) is 17.3 Å². The molecule has 0 bridgehead atoms. The van der Waals surface area contributed by atoms with Gasteiger partial charge < -0.3 is 10.3 Å². The first-order valence-corrected chi connectivity index (χ1v) is 6.29. The van der Waals surface area contributed by atoms with Crippen molar-refractivity contribution in [2.75, 3.05) is 0 Å². The summed E-state index contributed by atoms with van der Waals surface area (Å²) in [6, 6.07) is 1.86. The van der Waals surface area contributed by atoms with Gasteiger partial charge in [0.1, 0.15) is 11.3 Å². The maximum absolute atomic E-state index is 10.8.